The molecule has 0 aliphatic carbocycles. The standard InChI is InChI=1S/C21H18N4S/c1-2-6-15(7-3-1)17-13-26-21-19(17)20(23-14-24-21)25-11-5-9-18(25)16-8-4-10-22-12-16/h1-4,6-8,10,12-14,18H,5,9,11H2/t18-/m1/s1. The second kappa shape index (κ2) is 6.50. The summed E-state index contributed by atoms with van der Waals surface area (Å²) in [6.45, 7) is 1.01. The van der Waals surface area contributed by atoms with E-state index >= 15 is 0 Å². The minimum absolute atomic E-state index is 0.324. The van der Waals surface area contributed by atoms with Gasteiger partial charge in [-0.2, -0.15) is 0 Å². The lowest BCUT2D eigenvalue weighted by Gasteiger charge is -2.26. The smallest absolute Gasteiger partial charge is 0.141 e. The Morgan fingerprint density at radius 2 is 1.96 bits per heavy atom. The molecule has 4 aromatic rings. The van der Waals surface area contributed by atoms with Crippen molar-refractivity contribution in [1.82, 2.24) is 15.0 Å². The zero-order valence-electron chi connectivity index (χ0n) is 14.2. The topological polar surface area (TPSA) is 41.9 Å². The summed E-state index contributed by atoms with van der Waals surface area (Å²) in [4.78, 5) is 17.0. The Hall–Kier alpha value is -2.79. The van der Waals surface area contributed by atoms with Crippen LogP contribution in [0.2, 0.25) is 0 Å². The maximum absolute atomic E-state index is 4.72. The van der Waals surface area contributed by atoms with Gasteiger partial charge in [-0.25, -0.2) is 9.97 Å². The van der Waals surface area contributed by atoms with E-state index in [1.807, 2.05) is 24.5 Å². The molecule has 1 saturated heterocycles. The van der Waals surface area contributed by atoms with E-state index in [4.69, 9.17) is 4.98 Å². The van der Waals surface area contributed by atoms with Gasteiger partial charge in [0.05, 0.1) is 11.4 Å². The fourth-order valence-corrected chi connectivity index (χ4v) is 4.76. The second-order valence-electron chi connectivity index (χ2n) is 6.53. The number of thiophene rings is 1. The van der Waals surface area contributed by atoms with E-state index < -0.39 is 0 Å². The first-order valence-corrected chi connectivity index (χ1v) is 9.74. The number of hydrogen-bond acceptors (Lipinski definition) is 5. The number of aromatic nitrogens is 3. The molecule has 4 nitrogen and oxygen atoms in total. The number of benzene rings is 1. The molecule has 0 saturated carbocycles. The van der Waals surface area contributed by atoms with Crippen LogP contribution in [0, 0.1) is 0 Å². The molecule has 4 heterocycles. The monoisotopic (exact) mass is 358 g/mol. The van der Waals surface area contributed by atoms with Gasteiger partial charge in [-0.3, -0.25) is 4.98 Å². The van der Waals surface area contributed by atoms with E-state index in [0.29, 0.717) is 6.04 Å². The summed E-state index contributed by atoms with van der Waals surface area (Å²) in [5, 5.41) is 3.37. The summed E-state index contributed by atoms with van der Waals surface area (Å²) in [6.07, 6.45) is 7.80. The van der Waals surface area contributed by atoms with Gasteiger partial charge in [0.25, 0.3) is 0 Å². The third kappa shape index (κ3) is 2.56. The molecular weight excluding hydrogens is 340 g/mol. The number of fused-ring (bicyclic) bond motifs is 1. The molecule has 0 radical (unpaired) electrons. The third-order valence-electron chi connectivity index (χ3n) is 5.03. The quantitative estimate of drug-likeness (QED) is 0.511. The van der Waals surface area contributed by atoms with Crippen LogP contribution >= 0.6 is 11.3 Å². The zero-order valence-corrected chi connectivity index (χ0v) is 15.1. The number of pyridine rings is 1. The van der Waals surface area contributed by atoms with Crippen molar-refractivity contribution >= 4 is 27.4 Å². The highest BCUT2D eigenvalue weighted by Crippen LogP contribution is 2.42. The predicted octanol–water partition coefficient (Wildman–Crippen LogP) is 5.09. The molecule has 1 aromatic carbocycles. The maximum atomic E-state index is 4.72. The molecule has 128 valence electrons. The lowest BCUT2D eigenvalue weighted by atomic mass is 10.0. The molecule has 0 N–H and O–H groups in total. The van der Waals surface area contributed by atoms with Crippen LogP contribution in [0.25, 0.3) is 21.3 Å². The second-order valence-corrected chi connectivity index (χ2v) is 7.39. The average molecular weight is 358 g/mol. The molecule has 5 heteroatoms. The van der Waals surface area contributed by atoms with Crippen molar-refractivity contribution in [3.8, 4) is 11.1 Å². The molecule has 26 heavy (non-hydrogen) atoms. The van der Waals surface area contributed by atoms with Crippen LogP contribution in [0.4, 0.5) is 5.82 Å². The Labute approximate surface area is 156 Å². The van der Waals surface area contributed by atoms with Crippen LogP contribution in [0.5, 0.6) is 0 Å². The highest BCUT2D eigenvalue weighted by Gasteiger charge is 2.29. The summed E-state index contributed by atoms with van der Waals surface area (Å²) in [5.41, 5.74) is 3.69. The van der Waals surface area contributed by atoms with Gasteiger partial charge in [0.1, 0.15) is 17.0 Å². The van der Waals surface area contributed by atoms with Gasteiger partial charge in [-0.15, -0.1) is 11.3 Å². The van der Waals surface area contributed by atoms with E-state index in [1.165, 1.54) is 22.1 Å². The molecule has 1 aliphatic rings. The van der Waals surface area contributed by atoms with Gasteiger partial charge in [-0.05, 0) is 30.0 Å². The number of anilines is 1. The Bertz CT molecular complexity index is 1030. The molecule has 0 unspecified atom stereocenters. The largest absolute Gasteiger partial charge is 0.349 e. The van der Waals surface area contributed by atoms with Gasteiger partial charge in [0, 0.05) is 29.9 Å². The van der Waals surface area contributed by atoms with Crippen LogP contribution in [0.15, 0.2) is 66.6 Å². The number of rotatable bonds is 3. The molecule has 0 amide bonds. The van der Waals surface area contributed by atoms with Gasteiger partial charge >= 0.3 is 0 Å². The summed E-state index contributed by atoms with van der Waals surface area (Å²) in [7, 11) is 0. The highest BCUT2D eigenvalue weighted by atomic mass is 32.1. The zero-order chi connectivity index (χ0) is 17.3. The normalized spacial score (nSPS) is 17.1. The lowest BCUT2D eigenvalue weighted by Crippen LogP contribution is -2.24. The molecule has 0 bridgehead atoms. The van der Waals surface area contributed by atoms with E-state index in [-0.39, 0.29) is 0 Å². The highest BCUT2D eigenvalue weighted by molar-refractivity contribution is 7.17. The van der Waals surface area contributed by atoms with Crippen molar-refractivity contribution in [2.45, 2.75) is 18.9 Å². The van der Waals surface area contributed by atoms with Crippen molar-refractivity contribution in [3.05, 3.63) is 72.1 Å². The van der Waals surface area contributed by atoms with Crippen LogP contribution in [-0.2, 0) is 0 Å². The summed E-state index contributed by atoms with van der Waals surface area (Å²) < 4.78 is 0. The van der Waals surface area contributed by atoms with Crippen LogP contribution in [0.1, 0.15) is 24.4 Å². The van der Waals surface area contributed by atoms with Crippen molar-refractivity contribution in [2.75, 3.05) is 11.4 Å². The van der Waals surface area contributed by atoms with E-state index in [2.05, 4.69) is 50.6 Å². The Morgan fingerprint density at radius 1 is 1.04 bits per heavy atom. The van der Waals surface area contributed by atoms with Gasteiger partial charge < -0.3 is 4.90 Å². The predicted molar refractivity (Wildman–Crippen MR) is 106 cm³/mol. The Balaban J connectivity index is 1.66. The first-order chi connectivity index (χ1) is 12.9. The fourth-order valence-electron chi connectivity index (χ4n) is 3.85. The summed E-state index contributed by atoms with van der Waals surface area (Å²) in [5.74, 6) is 1.04. The maximum Gasteiger partial charge on any atom is 0.141 e. The molecule has 1 aliphatic heterocycles. The molecule has 1 fully saturated rings. The van der Waals surface area contributed by atoms with Crippen molar-refractivity contribution in [2.24, 2.45) is 0 Å². The number of hydrogen-bond donors (Lipinski definition) is 0. The SMILES string of the molecule is c1ccc(-c2csc3ncnc(N4CCC[C@@H]4c4cccnc4)c23)cc1. The Morgan fingerprint density at radius 3 is 2.81 bits per heavy atom. The minimum Gasteiger partial charge on any atom is -0.349 e. The van der Waals surface area contributed by atoms with E-state index in [1.54, 1.807) is 17.7 Å². The molecule has 1 atom stereocenters. The van der Waals surface area contributed by atoms with Crippen molar-refractivity contribution in [1.29, 1.82) is 0 Å². The summed E-state index contributed by atoms with van der Waals surface area (Å²) >= 11 is 1.69. The lowest BCUT2D eigenvalue weighted by molar-refractivity contribution is 0.710. The van der Waals surface area contributed by atoms with Crippen LogP contribution < -0.4 is 4.90 Å². The Kier molecular flexibility index (Phi) is 3.87. The average Bonchev–Trinajstić information content (AvgIpc) is 3.36. The molecular formula is C21H18N4S. The van der Waals surface area contributed by atoms with E-state index in [9.17, 15) is 0 Å². The van der Waals surface area contributed by atoms with Crippen molar-refractivity contribution in [3.63, 3.8) is 0 Å². The summed E-state index contributed by atoms with van der Waals surface area (Å²) in [6, 6.07) is 15.0. The van der Waals surface area contributed by atoms with Gasteiger partial charge in [-0.1, -0.05) is 36.4 Å². The van der Waals surface area contributed by atoms with Gasteiger partial charge in [0.15, 0.2) is 0 Å². The van der Waals surface area contributed by atoms with Crippen molar-refractivity contribution < 1.29 is 0 Å². The third-order valence-corrected chi connectivity index (χ3v) is 5.92. The van der Waals surface area contributed by atoms with E-state index in [0.717, 1.165) is 30.0 Å². The molecule has 0 spiro atoms. The minimum atomic E-state index is 0.324. The fraction of sp³-hybridized carbons (Fsp3) is 0.190. The first-order valence-electron chi connectivity index (χ1n) is 8.86. The van der Waals surface area contributed by atoms with Gasteiger partial charge in [0.2, 0.25) is 0 Å². The van der Waals surface area contributed by atoms with Crippen LogP contribution in [0.3, 0.4) is 0 Å². The van der Waals surface area contributed by atoms with Crippen LogP contribution in [-0.4, -0.2) is 21.5 Å². The molecule has 3 aromatic heterocycles. The first kappa shape index (κ1) is 15.5. The molecule has 5 rings (SSSR count). The number of nitrogens with zero attached hydrogens (tertiary/aromatic N) is 4.